The van der Waals surface area contributed by atoms with Gasteiger partial charge in [-0.3, -0.25) is 20.2 Å². The lowest BCUT2D eigenvalue weighted by molar-refractivity contribution is -0.119. The fraction of sp³-hybridized carbons (Fsp3) is 0.312. The molecule has 7 heteroatoms. The Morgan fingerprint density at radius 3 is 2.26 bits per heavy atom. The van der Waals surface area contributed by atoms with Crippen LogP contribution in [0.2, 0.25) is 0 Å². The van der Waals surface area contributed by atoms with E-state index in [-0.39, 0.29) is 36.6 Å². The van der Waals surface area contributed by atoms with E-state index in [1.54, 1.807) is 13.8 Å². The number of hydrogen-bond donors (Lipinski definition) is 2. The van der Waals surface area contributed by atoms with Crippen LogP contribution in [0, 0.1) is 6.92 Å². The van der Waals surface area contributed by atoms with Crippen molar-refractivity contribution in [2.75, 3.05) is 0 Å². The maximum atomic E-state index is 11.6. The molecule has 0 fully saturated rings. The minimum Gasteiger partial charge on any atom is -0.296 e. The number of para-hydroxylation sites is 1. The molecular weight excluding hydrogens is 294 g/mol. The van der Waals surface area contributed by atoms with Gasteiger partial charge >= 0.3 is 0 Å². The van der Waals surface area contributed by atoms with Gasteiger partial charge in [0.2, 0.25) is 17.8 Å². The monoisotopic (exact) mass is 313 g/mol. The van der Waals surface area contributed by atoms with Gasteiger partial charge in [0.05, 0.1) is 11.2 Å². The molecule has 7 nitrogen and oxygen atoms in total. The number of carbonyl (C=O) groups is 2. The van der Waals surface area contributed by atoms with Crippen LogP contribution in [0.1, 0.15) is 32.4 Å². The van der Waals surface area contributed by atoms with Crippen molar-refractivity contribution in [2.45, 2.75) is 33.6 Å². The fourth-order valence-electron chi connectivity index (χ4n) is 1.90. The van der Waals surface area contributed by atoms with Crippen LogP contribution >= 0.6 is 0 Å². The first-order chi connectivity index (χ1) is 11.0. The number of guanidine groups is 1. The summed E-state index contributed by atoms with van der Waals surface area (Å²) in [6, 6.07) is 7.58. The lowest BCUT2D eigenvalue weighted by Gasteiger charge is -2.09. The molecule has 23 heavy (non-hydrogen) atoms. The van der Waals surface area contributed by atoms with Gasteiger partial charge < -0.3 is 0 Å². The highest BCUT2D eigenvalue weighted by molar-refractivity contribution is 6.05. The van der Waals surface area contributed by atoms with E-state index >= 15 is 0 Å². The Morgan fingerprint density at radius 2 is 1.65 bits per heavy atom. The molecule has 0 aliphatic rings. The van der Waals surface area contributed by atoms with Crippen molar-refractivity contribution in [2.24, 2.45) is 4.99 Å². The summed E-state index contributed by atoms with van der Waals surface area (Å²) in [5.74, 6) is -0.280. The number of nitrogens with zero attached hydrogens (tertiary/aromatic N) is 3. The van der Waals surface area contributed by atoms with Crippen LogP contribution in [0.15, 0.2) is 29.3 Å². The zero-order valence-corrected chi connectivity index (χ0v) is 13.4. The second-order valence-corrected chi connectivity index (χ2v) is 4.89. The molecule has 0 unspecified atom stereocenters. The first kappa shape index (κ1) is 16.5. The van der Waals surface area contributed by atoms with E-state index in [4.69, 9.17) is 0 Å². The molecule has 1 heterocycles. The average molecular weight is 313 g/mol. The number of amides is 2. The second-order valence-electron chi connectivity index (χ2n) is 4.89. The standard InChI is InChI=1S/C16H19N5O2/c1-4-13(22)19-16(20-14(23)5-2)21-15-17-10(3)11-8-6-7-9-12(11)18-15/h6-9H,4-5H2,1-3H3,(H2,17,18,19,20,21,22,23). The number of fused-ring (bicyclic) bond motifs is 1. The van der Waals surface area contributed by atoms with Crippen molar-refractivity contribution in [1.29, 1.82) is 0 Å². The number of nitrogens with one attached hydrogen (secondary N) is 2. The second kappa shape index (κ2) is 7.44. The van der Waals surface area contributed by atoms with Crippen LogP contribution in [0.3, 0.4) is 0 Å². The number of rotatable bonds is 3. The summed E-state index contributed by atoms with van der Waals surface area (Å²) >= 11 is 0. The zero-order chi connectivity index (χ0) is 16.8. The predicted octanol–water partition coefficient (Wildman–Crippen LogP) is 1.98. The third-order valence-corrected chi connectivity index (χ3v) is 3.15. The molecule has 2 N–H and O–H groups in total. The molecule has 0 atom stereocenters. The van der Waals surface area contributed by atoms with Crippen LogP contribution < -0.4 is 10.6 Å². The van der Waals surface area contributed by atoms with E-state index in [9.17, 15) is 9.59 Å². The Labute approximate surface area is 134 Å². The van der Waals surface area contributed by atoms with Crippen LogP contribution in [0.25, 0.3) is 10.9 Å². The molecule has 2 rings (SSSR count). The first-order valence-electron chi connectivity index (χ1n) is 7.45. The predicted molar refractivity (Wildman–Crippen MR) is 88.2 cm³/mol. The molecule has 2 amide bonds. The molecular formula is C16H19N5O2. The van der Waals surface area contributed by atoms with E-state index in [1.165, 1.54) is 0 Å². The van der Waals surface area contributed by atoms with E-state index in [2.05, 4.69) is 25.6 Å². The van der Waals surface area contributed by atoms with Gasteiger partial charge in [-0.15, -0.1) is 0 Å². The smallest absolute Gasteiger partial charge is 0.253 e. The van der Waals surface area contributed by atoms with Crippen LogP contribution in [-0.4, -0.2) is 27.7 Å². The minimum absolute atomic E-state index is 0.0402. The van der Waals surface area contributed by atoms with Gasteiger partial charge in [-0.1, -0.05) is 32.0 Å². The van der Waals surface area contributed by atoms with Crippen molar-refractivity contribution in [1.82, 2.24) is 20.6 Å². The number of hydrogen-bond acceptors (Lipinski definition) is 5. The molecule has 0 saturated heterocycles. The summed E-state index contributed by atoms with van der Waals surface area (Å²) < 4.78 is 0. The Bertz CT molecular complexity index is 750. The van der Waals surface area contributed by atoms with E-state index in [1.807, 2.05) is 31.2 Å². The van der Waals surface area contributed by atoms with Crippen LogP contribution in [0.4, 0.5) is 5.95 Å². The summed E-state index contributed by atoms with van der Waals surface area (Å²) in [6.45, 7) is 5.29. The number of carbonyl (C=O) groups excluding carboxylic acids is 2. The first-order valence-corrected chi connectivity index (χ1v) is 7.45. The number of benzene rings is 1. The van der Waals surface area contributed by atoms with Crippen molar-refractivity contribution in [3.63, 3.8) is 0 Å². The SMILES string of the molecule is CCC(=O)NC(=Nc1nc(C)c2ccccc2n1)NC(=O)CC. The van der Waals surface area contributed by atoms with Crippen LogP contribution in [0.5, 0.6) is 0 Å². The van der Waals surface area contributed by atoms with Crippen LogP contribution in [-0.2, 0) is 9.59 Å². The van der Waals surface area contributed by atoms with Crippen molar-refractivity contribution < 1.29 is 9.59 Å². The number of aryl methyl sites for hydroxylation is 1. The molecule has 120 valence electrons. The molecule has 2 aromatic rings. The maximum Gasteiger partial charge on any atom is 0.253 e. The van der Waals surface area contributed by atoms with Gasteiger partial charge in [0.1, 0.15) is 0 Å². The summed E-state index contributed by atoms with van der Waals surface area (Å²) in [4.78, 5) is 36.0. The van der Waals surface area contributed by atoms with Crippen molar-refractivity contribution in [3.05, 3.63) is 30.0 Å². The molecule has 1 aromatic heterocycles. The quantitative estimate of drug-likeness (QED) is 0.669. The lowest BCUT2D eigenvalue weighted by Crippen LogP contribution is -2.43. The topological polar surface area (TPSA) is 96.3 Å². The van der Waals surface area contributed by atoms with Gasteiger partial charge in [0.15, 0.2) is 0 Å². The molecule has 1 aromatic carbocycles. The Morgan fingerprint density at radius 1 is 1.04 bits per heavy atom. The molecule has 0 bridgehead atoms. The zero-order valence-electron chi connectivity index (χ0n) is 13.4. The summed E-state index contributed by atoms with van der Waals surface area (Å²) in [5, 5.41) is 6.03. The normalized spacial score (nSPS) is 10.2. The largest absolute Gasteiger partial charge is 0.296 e. The Kier molecular flexibility index (Phi) is 5.35. The summed E-state index contributed by atoms with van der Waals surface area (Å²) in [5.41, 5.74) is 1.53. The van der Waals surface area contributed by atoms with Gasteiger partial charge in [-0.25, -0.2) is 9.97 Å². The highest BCUT2D eigenvalue weighted by Crippen LogP contribution is 2.17. The number of aromatic nitrogens is 2. The van der Waals surface area contributed by atoms with E-state index in [0.29, 0.717) is 0 Å². The summed E-state index contributed by atoms with van der Waals surface area (Å²) in [7, 11) is 0. The number of aliphatic imine (C=N–C) groups is 1. The molecule has 0 spiro atoms. The van der Waals surface area contributed by atoms with E-state index < -0.39 is 0 Å². The van der Waals surface area contributed by atoms with Gasteiger partial charge in [-0.2, -0.15) is 4.99 Å². The average Bonchev–Trinajstić information content (AvgIpc) is 2.54. The maximum absolute atomic E-state index is 11.6. The van der Waals surface area contributed by atoms with Crippen molar-refractivity contribution >= 4 is 34.6 Å². The van der Waals surface area contributed by atoms with E-state index in [0.717, 1.165) is 16.6 Å². The Balaban J connectivity index is 2.40. The molecule has 0 aliphatic heterocycles. The molecule has 0 saturated carbocycles. The third kappa shape index (κ3) is 4.32. The van der Waals surface area contributed by atoms with Gasteiger partial charge in [-0.05, 0) is 13.0 Å². The molecule has 0 radical (unpaired) electrons. The van der Waals surface area contributed by atoms with Crippen molar-refractivity contribution in [3.8, 4) is 0 Å². The fourth-order valence-corrected chi connectivity index (χ4v) is 1.90. The third-order valence-electron chi connectivity index (χ3n) is 3.15. The minimum atomic E-state index is -0.252. The highest BCUT2D eigenvalue weighted by atomic mass is 16.2. The van der Waals surface area contributed by atoms with Gasteiger partial charge in [0, 0.05) is 18.2 Å². The Hall–Kier alpha value is -2.83. The molecule has 0 aliphatic carbocycles. The highest BCUT2D eigenvalue weighted by Gasteiger charge is 2.10. The lowest BCUT2D eigenvalue weighted by atomic mass is 10.2. The van der Waals surface area contributed by atoms with Gasteiger partial charge in [0.25, 0.3) is 5.95 Å². The summed E-state index contributed by atoms with van der Waals surface area (Å²) in [6.07, 6.45) is 0.553.